The molecule has 0 aliphatic heterocycles. The fraction of sp³-hybridized carbons (Fsp3) is 0.111. The summed E-state index contributed by atoms with van der Waals surface area (Å²) in [7, 11) is 0. The second kappa shape index (κ2) is 5.47. The van der Waals surface area contributed by atoms with Gasteiger partial charge in [0.15, 0.2) is 0 Å². The minimum Gasteiger partial charge on any atom is -0.384 e. The van der Waals surface area contributed by atoms with Crippen molar-refractivity contribution in [3.05, 3.63) is 82.1 Å². The normalized spacial score (nSPS) is 12.6. The molecule has 0 bridgehead atoms. The Labute approximate surface area is 127 Å². The summed E-state index contributed by atoms with van der Waals surface area (Å²) in [6.07, 6.45) is -0.887. The number of hydrogen-bond donors (Lipinski definition) is 1. The number of halogens is 2. The number of benzene rings is 3. The first-order valence-corrected chi connectivity index (χ1v) is 7.07. The van der Waals surface area contributed by atoms with Crippen LogP contribution < -0.4 is 0 Å². The van der Waals surface area contributed by atoms with Gasteiger partial charge in [-0.3, -0.25) is 0 Å². The van der Waals surface area contributed by atoms with E-state index in [0.29, 0.717) is 16.1 Å². The fourth-order valence-corrected chi connectivity index (χ4v) is 2.71. The Balaban J connectivity index is 2.15. The number of hydrogen-bond acceptors (Lipinski definition) is 1. The SMILES string of the molecule is Cc1ccc(C(O)c2ccc(Cl)c3ccccc23)cc1F. The predicted molar refractivity (Wildman–Crippen MR) is 84.2 cm³/mol. The van der Waals surface area contributed by atoms with Crippen LogP contribution in [0.5, 0.6) is 0 Å². The zero-order valence-corrected chi connectivity index (χ0v) is 12.2. The molecule has 0 heterocycles. The van der Waals surface area contributed by atoms with Crippen LogP contribution in [0, 0.1) is 12.7 Å². The van der Waals surface area contributed by atoms with Gasteiger partial charge < -0.3 is 5.11 Å². The van der Waals surface area contributed by atoms with E-state index in [-0.39, 0.29) is 5.82 Å². The molecule has 0 aliphatic carbocycles. The van der Waals surface area contributed by atoms with Crippen LogP contribution in [0.4, 0.5) is 4.39 Å². The van der Waals surface area contributed by atoms with Crippen LogP contribution >= 0.6 is 11.6 Å². The Bertz CT molecular complexity index is 813. The molecule has 1 unspecified atom stereocenters. The van der Waals surface area contributed by atoms with Gasteiger partial charge in [-0.25, -0.2) is 4.39 Å². The quantitative estimate of drug-likeness (QED) is 0.704. The third kappa shape index (κ3) is 2.53. The summed E-state index contributed by atoms with van der Waals surface area (Å²) in [5, 5.41) is 13.0. The average Bonchev–Trinajstić information content (AvgIpc) is 2.50. The number of fused-ring (bicyclic) bond motifs is 1. The van der Waals surface area contributed by atoms with E-state index >= 15 is 0 Å². The molecule has 1 nitrogen and oxygen atoms in total. The van der Waals surface area contributed by atoms with Crippen LogP contribution in [0.2, 0.25) is 5.02 Å². The van der Waals surface area contributed by atoms with Crippen LogP contribution in [0.25, 0.3) is 10.8 Å². The molecule has 1 atom stereocenters. The monoisotopic (exact) mass is 300 g/mol. The van der Waals surface area contributed by atoms with Crippen molar-refractivity contribution in [3.8, 4) is 0 Å². The maximum Gasteiger partial charge on any atom is 0.126 e. The summed E-state index contributed by atoms with van der Waals surface area (Å²) in [6.45, 7) is 1.70. The van der Waals surface area contributed by atoms with Gasteiger partial charge in [-0.1, -0.05) is 54.1 Å². The van der Waals surface area contributed by atoms with Crippen LogP contribution in [0.3, 0.4) is 0 Å². The van der Waals surface area contributed by atoms with Gasteiger partial charge in [0.05, 0.1) is 0 Å². The van der Waals surface area contributed by atoms with Crippen molar-refractivity contribution in [2.45, 2.75) is 13.0 Å². The summed E-state index contributed by atoms with van der Waals surface area (Å²) in [5.41, 5.74) is 1.82. The largest absolute Gasteiger partial charge is 0.384 e. The number of aryl methyl sites for hydroxylation is 1. The van der Waals surface area contributed by atoms with Gasteiger partial charge in [0.2, 0.25) is 0 Å². The second-order valence-corrected chi connectivity index (χ2v) is 5.50. The van der Waals surface area contributed by atoms with Crippen molar-refractivity contribution in [1.82, 2.24) is 0 Å². The minimum atomic E-state index is -0.887. The molecule has 106 valence electrons. The molecule has 0 fully saturated rings. The molecule has 1 N–H and O–H groups in total. The van der Waals surface area contributed by atoms with Gasteiger partial charge in [-0.15, -0.1) is 0 Å². The molecule has 3 aromatic rings. The van der Waals surface area contributed by atoms with Crippen molar-refractivity contribution in [3.63, 3.8) is 0 Å². The molecule has 0 saturated heterocycles. The van der Waals surface area contributed by atoms with Crippen molar-refractivity contribution in [2.24, 2.45) is 0 Å². The summed E-state index contributed by atoms with van der Waals surface area (Å²) < 4.78 is 13.7. The summed E-state index contributed by atoms with van der Waals surface area (Å²) >= 11 is 6.18. The van der Waals surface area contributed by atoms with E-state index < -0.39 is 6.10 Å². The van der Waals surface area contributed by atoms with Crippen molar-refractivity contribution in [2.75, 3.05) is 0 Å². The van der Waals surface area contributed by atoms with Crippen LogP contribution in [0.15, 0.2) is 54.6 Å². The molecule has 3 rings (SSSR count). The Morgan fingerprint density at radius 1 is 1.00 bits per heavy atom. The van der Waals surface area contributed by atoms with E-state index in [1.165, 1.54) is 6.07 Å². The van der Waals surface area contributed by atoms with E-state index in [4.69, 9.17) is 11.6 Å². The number of aliphatic hydroxyl groups is 1. The Morgan fingerprint density at radius 3 is 2.43 bits per heavy atom. The zero-order chi connectivity index (χ0) is 15.0. The molecular weight excluding hydrogens is 287 g/mol. The van der Waals surface area contributed by atoms with Gasteiger partial charge in [0, 0.05) is 10.4 Å². The summed E-state index contributed by atoms with van der Waals surface area (Å²) in [4.78, 5) is 0. The van der Waals surface area contributed by atoms with Gasteiger partial charge >= 0.3 is 0 Å². The molecule has 0 radical (unpaired) electrons. The zero-order valence-electron chi connectivity index (χ0n) is 11.5. The first-order valence-electron chi connectivity index (χ1n) is 6.69. The fourth-order valence-electron chi connectivity index (χ4n) is 2.48. The second-order valence-electron chi connectivity index (χ2n) is 5.09. The van der Waals surface area contributed by atoms with Gasteiger partial charge in [0.1, 0.15) is 11.9 Å². The summed E-state index contributed by atoms with van der Waals surface area (Å²) in [5.74, 6) is -0.315. The van der Waals surface area contributed by atoms with Gasteiger partial charge in [0.25, 0.3) is 0 Å². The maximum atomic E-state index is 13.7. The average molecular weight is 301 g/mol. The molecule has 3 heteroatoms. The molecule has 0 spiro atoms. The highest BCUT2D eigenvalue weighted by atomic mass is 35.5. The van der Waals surface area contributed by atoms with Gasteiger partial charge in [-0.2, -0.15) is 0 Å². The maximum absolute atomic E-state index is 13.7. The van der Waals surface area contributed by atoms with Crippen molar-refractivity contribution >= 4 is 22.4 Å². The van der Waals surface area contributed by atoms with E-state index in [1.807, 2.05) is 24.3 Å². The molecule has 0 aliphatic rings. The molecule has 0 aromatic heterocycles. The third-order valence-corrected chi connectivity index (χ3v) is 4.04. The Kier molecular flexibility index (Phi) is 3.66. The lowest BCUT2D eigenvalue weighted by Gasteiger charge is -2.15. The minimum absolute atomic E-state index is 0.315. The molecule has 0 amide bonds. The standard InChI is InChI=1S/C18H14ClFO/c1-11-6-7-12(10-17(11)20)18(21)15-8-9-16(19)14-5-3-2-4-13(14)15/h2-10,18,21H,1H3. The first kappa shape index (κ1) is 14.1. The molecule has 3 aromatic carbocycles. The van der Waals surface area contributed by atoms with Gasteiger partial charge in [-0.05, 0) is 41.1 Å². The lowest BCUT2D eigenvalue weighted by molar-refractivity contribution is 0.221. The lowest BCUT2D eigenvalue weighted by atomic mass is 9.95. The molecular formula is C18H14ClFO. The predicted octanol–water partition coefficient (Wildman–Crippen LogP) is 5.02. The smallest absolute Gasteiger partial charge is 0.126 e. The number of aliphatic hydroxyl groups excluding tert-OH is 1. The van der Waals surface area contributed by atoms with Crippen molar-refractivity contribution in [1.29, 1.82) is 0 Å². The van der Waals surface area contributed by atoms with Crippen LogP contribution in [-0.2, 0) is 0 Å². The topological polar surface area (TPSA) is 20.2 Å². The lowest BCUT2D eigenvalue weighted by Crippen LogP contribution is -2.02. The molecule has 21 heavy (non-hydrogen) atoms. The Morgan fingerprint density at radius 2 is 1.71 bits per heavy atom. The van der Waals surface area contributed by atoms with E-state index in [0.717, 1.165) is 16.3 Å². The van der Waals surface area contributed by atoms with Crippen LogP contribution in [-0.4, -0.2) is 5.11 Å². The van der Waals surface area contributed by atoms with E-state index in [9.17, 15) is 9.50 Å². The van der Waals surface area contributed by atoms with E-state index in [1.54, 1.807) is 31.2 Å². The first-order chi connectivity index (χ1) is 10.1. The summed E-state index contributed by atoms with van der Waals surface area (Å²) in [6, 6.07) is 15.9. The Hall–Kier alpha value is -1.90. The molecule has 0 saturated carbocycles. The third-order valence-electron chi connectivity index (χ3n) is 3.71. The highest BCUT2D eigenvalue weighted by Gasteiger charge is 2.15. The highest BCUT2D eigenvalue weighted by Crippen LogP contribution is 2.33. The number of rotatable bonds is 2. The van der Waals surface area contributed by atoms with Crippen molar-refractivity contribution < 1.29 is 9.50 Å². The van der Waals surface area contributed by atoms with Crippen LogP contribution in [0.1, 0.15) is 22.8 Å². The highest BCUT2D eigenvalue weighted by molar-refractivity contribution is 6.35. The van der Waals surface area contributed by atoms with E-state index in [2.05, 4.69) is 0 Å².